The molecule has 0 saturated carbocycles. The molecule has 98 valence electrons. The maximum Gasteiger partial charge on any atom is 0.122 e. The van der Waals surface area contributed by atoms with E-state index >= 15 is 0 Å². The Morgan fingerprint density at radius 2 is 2.17 bits per heavy atom. The van der Waals surface area contributed by atoms with Gasteiger partial charge in [-0.2, -0.15) is 11.8 Å². The summed E-state index contributed by atoms with van der Waals surface area (Å²) in [6, 6.07) is 8.04. The quantitative estimate of drug-likeness (QED) is 0.647. The molecule has 0 amide bonds. The number of nitrogens with two attached hydrogens (primary N) is 1. The van der Waals surface area contributed by atoms with Gasteiger partial charge in [-0.25, -0.2) is 0 Å². The lowest BCUT2D eigenvalue weighted by Gasteiger charge is -2.31. The van der Waals surface area contributed by atoms with Gasteiger partial charge in [-0.05, 0) is 12.0 Å². The fourth-order valence-electron chi connectivity index (χ4n) is 2.22. The van der Waals surface area contributed by atoms with Crippen molar-refractivity contribution < 1.29 is 0 Å². The lowest BCUT2D eigenvalue weighted by Crippen LogP contribution is -2.37. The minimum atomic E-state index is 0.141. The summed E-state index contributed by atoms with van der Waals surface area (Å²) in [5.74, 6) is 1.38. The predicted octanol–water partition coefficient (Wildman–Crippen LogP) is 2.30. The standard InChI is InChI=1S/C14H21N3S/c1-2-13-10-17(7-8-18-13)9-11-3-5-12(6-4-11)14(15)16/h3-6,13H,2,7-10H2,1H3,(H3,15,16). The first-order valence-corrected chi connectivity index (χ1v) is 7.51. The molecule has 0 radical (unpaired) electrons. The summed E-state index contributed by atoms with van der Waals surface area (Å²) in [5.41, 5.74) is 7.57. The first kappa shape index (κ1) is 13.4. The van der Waals surface area contributed by atoms with Gasteiger partial charge in [0.05, 0.1) is 0 Å². The fraction of sp³-hybridized carbons (Fsp3) is 0.500. The van der Waals surface area contributed by atoms with Crippen LogP contribution in [0.3, 0.4) is 0 Å². The van der Waals surface area contributed by atoms with Crippen molar-refractivity contribution in [2.45, 2.75) is 25.1 Å². The lowest BCUT2D eigenvalue weighted by atomic mass is 10.1. The van der Waals surface area contributed by atoms with E-state index in [-0.39, 0.29) is 5.84 Å². The summed E-state index contributed by atoms with van der Waals surface area (Å²) in [7, 11) is 0. The molecule has 1 saturated heterocycles. The van der Waals surface area contributed by atoms with E-state index in [1.165, 1.54) is 30.8 Å². The third kappa shape index (κ3) is 3.50. The van der Waals surface area contributed by atoms with Crippen LogP contribution in [0.5, 0.6) is 0 Å². The van der Waals surface area contributed by atoms with Crippen LogP contribution < -0.4 is 5.73 Å². The van der Waals surface area contributed by atoms with Crippen molar-refractivity contribution in [1.82, 2.24) is 4.90 Å². The van der Waals surface area contributed by atoms with Gasteiger partial charge in [0.15, 0.2) is 0 Å². The van der Waals surface area contributed by atoms with Gasteiger partial charge >= 0.3 is 0 Å². The van der Waals surface area contributed by atoms with Crippen LogP contribution in [0.2, 0.25) is 0 Å². The van der Waals surface area contributed by atoms with Crippen molar-refractivity contribution in [3.05, 3.63) is 35.4 Å². The molecule has 1 heterocycles. The normalized spacial score (nSPS) is 20.8. The van der Waals surface area contributed by atoms with Gasteiger partial charge in [0.2, 0.25) is 0 Å². The van der Waals surface area contributed by atoms with E-state index in [1.807, 2.05) is 12.1 Å². The van der Waals surface area contributed by atoms with E-state index in [1.54, 1.807) is 0 Å². The van der Waals surface area contributed by atoms with E-state index in [0.717, 1.165) is 17.4 Å². The fourth-order valence-corrected chi connectivity index (χ4v) is 3.47. The molecule has 1 unspecified atom stereocenters. The summed E-state index contributed by atoms with van der Waals surface area (Å²) < 4.78 is 0. The second-order valence-corrected chi connectivity index (χ2v) is 6.16. The first-order chi connectivity index (χ1) is 8.69. The Hall–Kier alpha value is -1.00. The average molecular weight is 263 g/mol. The number of hydrogen-bond donors (Lipinski definition) is 2. The van der Waals surface area contributed by atoms with Crippen molar-refractivity contribution >= 4 is 17.6 Å². The number of nitrogens with one attached hydrogen (secondary N) is 1. The predicted molar refractivity (Wildman–Crippen MR) is 79.3 cm³/mol. The van der Waals surface area contributed by atoms with E-state index in [2.05, 4.69) is 35.7 Å². The van der Waals surface area contributed by atoms with Gasteiger partial charge < -0.3 is 5.73 Å². The lowest BCUT2D eigenvalue weighted by molar-refractivity contribution is 0.273. The average Bonchev–Trinajstić information content (AvgIpc) is 2.39. The van der Waals surface area contributed by atoms with Crippen LogP contribution in [0.4, 0.5) is 0 Å². The molecule has 0 bridgehead atoms. The zero-order valence-electron chi connectivity index (χ0n) is 10.9. The molecule has 18 heavy (non-hydrogen) atoms. The maximum atomic E-state index is 7.37. The molecule has 3 nitrogen and oxygen atoms in total. The minimum absolute atomic E-state index is 0.141. The number of hydrogen-bond acceptors (Lipinski definition) is 3. The molecule has 1 fully saturated rings. The van der Waals surface area contributed by atoms with E-state index < -0.39 is 0 Å². The summed E-state index contributed by atoms with van der Waals surface area (Å²) in [6.45, 7) is 5.64. The van der Waals surface area contributed by atoms with E-state index in [9.17, 15) is 0 Å². The summed E-state index contributed by atoms with van der Waals surface area (Å²) >= 11 is 2.10. The first-order valence-electron chi connectivity index (χ1n) is 6.46. The van der Waals surface area contributed by atoms with Crippen LogP contribution in [-0.2, 0) is 6.54 Å². The number of amidine groups is 1. The smallest absolute Gasteiger partial charge is 0.122 e. The molecular weight excluding hydrogens is 242 g/mol. The molecule has 2 rings (SSSR count). The molecule has 1 aliphatic heterocycles. The van der Waals surface area contributed by atoms with Crippen LogP contribution in [0.25, 0.3) is 0 Å². The summed E-state index contributed by atoms with van der Waals surface area (Å²) in [5, 5.41) is 8.16. The van der Waals surface area contributed by atoms with Crippen molar-refractivity contribution in [2.75, 3.05) is 18.8 Å². The highest BCUT2D eigenvalue weighted by Crippen LogP contribution is 2.22. The third-order valence-corrected chi connectivity index (χ3v) is 4.72. The van der Waals surface area contributed by atoms with Crippen LogP contribution in [0.1, 0.15) is 24.5 Å². The Morgan fingerprint density at radius 3 is 2.78 bits per heavy atom. The summed E-state index contributed by atoms with van der Waals surface area (Å²) in [4.78, 5) is 2.52. The Kier molecular flexibility index (Phi) is 4.66. The molecule has 1 aromatic carbocycles. The van der Waals surface area contributed by atoms with Crippen LogP contribution in [-0.4, -0.2) is 34.8 Å². The van der Waals surface area contributed by atoms with Gasteiger partial charge in [-0.15, -0.1) is 0 Å². The SMILES string of the molecule is CCC1CN(Cc2ccc(C(=N)N)cc2)CCS1. The van der Waals surface area contributed by atoms with E-state index in [4.69, 9.17) is 11.1 Å². The van der Waals surface area contributed by atoms with Gasteiger partial charge in [-0.3, -0.25) is 10.3 Å². The van der Waals surface area contributed by atoms with Gasteiger partial charge in [0.1, 0.15) is 5.84 Å². The maximum absolute atomic E-state index is 7.37. The monoisotopic (exact) mass is 263 g/mol. The van der Waals surface area contributed by atoms with Crippen molar-refractivity contribution in [1.29, 1.82) is 5.41 Å². The number of thioether (sulfide) groups is 1. The number of nitrogen functional groups attached to an aromatic ring is 1. The molecular formula is C14H21N3S. The largest absolute Gasteiger partial charge is 0.384 e. The highest BCUT2D eigenvalue weighted by molar-refractivity contribution is 8.00. The second-order valence-electron chi connectivity index (χ2n) is 4.75. The number of nitrogens with zero attached hydrogens (tertiary/aromatic N) is 1. The third-order valence-electron chi connectivity index (χ3n) is 3.35. The molecule has 0 aliphatic carbocycles. The van der Waals surface area contributed by atoms with Gasteiger partial charge in [0, 0.05) is 36.2 Å². The van der Waals surface area contributed by atoms with E-state index in [0.29, 0.717) is 0 Å². The Morgan fingerprint density at radius 1 is 1.44 bits per heavy atom. The minimum Gasteiger partial charge on any atom is -0.384 e. The summed E-state index contributed by atoms with van der Waals surface area (Å²) in [6.07, 6.45) is 1.25. The molecule has 3 N–H and O–H groups in total. The molecule has 1 atom stereocenters. The van der Waals surface area contributed by atoms with Crippen molar-refractivity contribution in [3.8, 4) is 0 Å². The molecule has 1 aliphatic rings. The van der Waals surface area contributed by atoms with Crippen LogP contribution in [0.15, 0.2) is 24.3 Å². The number of benzene rings is 1. The Balaban J connectivity index is 1.94. The topological polar surface area (TPSA) is 53.1 Å². The molecule has 4 heteroatoms. The zero-order chi connectivity index (χ0) is 13.0. The van der Waals surface area contributed by atoms with Gasteiger partial charge in [-0.1, -0.05) is 31.2 Å². The molecule has 1 aromatic rings. The second kappa shape index (κ2) is 6.25. The van der Waals surface area contributed by atoms with Crippen LogP contribution in [0, 0.1) is 5.41 Å². The van der Waals surface area contributed by atoms with Gasteiger partial charge in [0.25, 0.3) is 0 Å². The highest BCUT2D eigenvalue weighted by Gasteiger charge is 2.18. The van der Waals surface area contributed by atoms with Crippen LogP contribution >= 0.6 is 11.8 Å². The molecule has 0 aromatic heterocycles. The zero-order valence-corrected chi connectivity index (χ0v) is 11.7. The molecule has 0 spiro atoms. The van der Waals surface area contributed by atoms with Crippen molar-refractivity contribution in [3.63, 3.8) is 0 Å². The number of rotatable bonds is 4. The Bertz CT molecular complexity index is 402. The Labute approximate surface area is 113 Å². The van der Waals surface area contributed by atoms with Crippen molar-refractivity contribution in [2.24, 2.45) is 5.73 Å². The highest BCUT2D eigenvalue weighted by atomic mass is 32.2.